The zero-order chi connectivity index (χ0) is 20.5. The summed E-state index contributed by atoms with van der Waals surface area (Å²) in [5.41, 5.74) is 2.05. The maximum absolute atomic E-state index is 12.7. The molecular weight excluding hydrogens is 415 g/mol. The van der Waals surface area contributed by atoms with Gasteiger partial charge in [-0.25, -0.2) is 4.79 Å². The molecule has 154 valence electrons. The van der Waals surface area contributed by atoms with Crippen LogP contribution in [0.5, 0.6) is 0 Å². The second-order valence-electron chi connectivity index (χ2n) is 7.54. The third-order valence-corrected chi connectivity index (χ3v) is 6.46. The molecule has 1 saturated heterocycles. The van der Waals surface area contributed by atoms with Crippen molar-refractivity contribution in [3.63, 3.8) is 0 Å². The van der Waals surface area contributed by atoms with Crippen molar-refractivity contribution in [1.82, 2.24) is 15.4 Å². The van der Waals surface area contributed by atoms with Crippen molar-refractivity contribution in [3.05, 3.63) is 45.1 Å². The summed E-state index contributed by atoms with van der Waals surface area (Å²) in [5.74, 6) is 0.828. The maximum Gasteiger partial charge on any atom is 0.317 e. The summed E-state index contributed by atoms with van der Waals surface area (Å²) in [6, 6.07) is 5.21. The average molecular weight is 437 g/mol. The first kappa shape index (κ1) is 20.0. The van der Waals surface area contributed by atoms with E-state index in [0.717, 1.165) is 24.0 Å². The highest BCUT2D eigenvalue weighted by Gasteiger charge is 2.31. The number of rotatable bonds is 3. The van der Waals surface area contributed by atoms with Crippen LogP contribution in [0.15, 0.2) is 22.7 Å². The molecule has 2 N–H and O–H groups in total. The Hall–Kier alpha value is -2.25. The average Bonchev–Trinajstić information content (AvgIpc) is 3.31. The first-order valence-electron chi connectivity index (χ1n) is 9.68. The van der Waals surface area contributed by atoms with Gasteiger partial charge in [0.2, 0.25) is 5.91 Å². The van der Waals surface area contributed by atoms with Crippen LogP contribution in [0.2, 0.25) is 10.0 Å². The molecule has 1 fully saturated rings. The summed E-state index contributed by atoms with van der Waals surface area (Å²) in [5, 5.41) is 10.8. The monoisotopic (exact) mass is 436 g/mol. The smallest absolute Gasteiger partial charge is 0.317 e. The van der Waals surface area contributed by atoms with Gasteiger partial charge in [-0.2, -0.15) is 0 Å². The van der Waals surface area contributed by atoms with Gasteiger partial charge in [-0.05, 0) is 49.8 Å². The molecule has 3 amide bonds. The topological polar surface area (TPSA) is 87.5 Å². The van der Waals surface area contributed by atoms with Crippen molar-refractivity contribution in [2.75, 3.05) is 18.4 Å². The fraction of sp³-hybridized carbons (Fsp3) is 0.450. The molecule has 1 aromatic heterocycles. The fourth-order valence-electron chi connectivity index (χ4n) is 4.02. The third-order valence-electron chi connectivity index (χ3n) is 5.62. The Kier molecular flexibility index (Phi) is 5.69. The van der Waals surface area contributed by atoms with E-state index in [9.17, 15) is 9.59 Å². The SMILES string of the molecule is Cc1cc(NC(=O)C2CCN(C(=O)NC3CCc4c3ccc(Cl)c4Cl)CC2)no1. The number of hydrogen-bond acceptors (Lipinski definition) is 4. The summed E-state index contributed by atoms with van der Waals surface area (Å²) < 4.78 is 4.96. The van der Waals surface area contributed by atoms with Crippen LogP contribution in [-0.2, 0) is 11.2 Å². The van der Waals surface area contributed by atoms with E-state index in [1.165, 1.54) is 0 Å². The molecule has 2 heterocycles. The Morgan fingerprint density at radius 2 is 1.97 bits per heavy atom. The second kappa shape index (κ2) is 8.24. The third kappa shape index (κ3) is 4.21. The summed E-state index contributed by atoms with van der Waals surface area (Å²) in [7, 11) is 0. The van der Waals surface area contributed by atoms with Gasteiger partial charge >= 0.3 is 6.03 Å². The Bertz CT molecular complexity index is 938. The number of carbonyl (C=O) groups is 2. The van der Waals surface area contributed by atoms with Gasteiger partial charge in [0.05, 0.1) is 16.1 Å². The molecule has 1 aliphatic heterocycles. The largest absolute Gasteiger partial charge is 0.360 e. The van der Waals surface area contributed by atoms with E-state index in [2.05, 4.69) is 15.8 Å². The Labute approximate surface area is 178 Å². The molecule has 0 radical (unpaired) electrons. The fourth-order valence-corrected chi connectivity index (χ4v) is 4.46. The first-order chi connectivity index (χ1) is 13.9. The van der Waals surface area contributed by atoms with E-state index in [-0.39, 0.29) is 23.9 Å². The number of benzene rings is 1. The van der Waals surface area contributed by atoms with Crippen molar-refractivity contribution >= 4 is 41.0 Å². The predicted molar refractivity (Wildman–Crippen MR) is 110 cm³/mol. The van der Waals surface area contributed by atoms with Gasteiger partial charge in [0.25, 0.3) is 0 Å². The molecule has 0 spiro atoms. The quantitative estimate of drug-likeness (QED) is 0.748. The number of aryl methyl sites for hydroxylation is 1. The summed E-state index contributed by atoms with van der Waals surface area (Å²) in [6.07, 6.45) is 2.82. The maximum atomic E-state index is 12.7. The Morgan fingerprint density at radius 1 is 1.21 bits per heavy atom. The molecule has 2 aliphatic rings. The summed E-state index contributed by atoms with van der Waals surface area (Å²) in [6.45, 7) is 2.83. The lowest BCUT2D eigenvalue weighted by molar-refractivity contribution is -0.121. The number of halogens is 2. The number of amides is 3. The molecule has 1 unspecified atom stereocenters. The van der Waals surface area contributed by atoms with Crippen LogP contribution >= 0.6 is 23.2 Å². The van der Waals surface area contributed by atoms with Gasteiger partial charge in [-0.15, -0.1) is 0 Å². The molecule has 9 heteroatoms. The van der Waals surface area contributed by atoms with Crippen LogP contribution < -0.4 is 10.6 Å². The van der Waals surface area contributed by atoms with E-state index in [1.54, 1.807) is 24.0 Å². The van der Waals surface area contributed by atoms with Gasteiger partial charge in [-0.1, -0.05) is 34.4 Å². The highest BCUT2D eigenvalue weighted by molar-refractivity contribution is 6.42. The summed E-state index contributed by atoms with van der Waals surface area (Å²) >= 11 is 12.4. The van der Waals surface area contributed by atoms with Crippen LogP contribution in [0.25, 0.3) is 0 Å². The van der Waals surface area contributed by atoms with Crippen molar-refractivity contribution in [3.8, 4) is 0 Å². The molecule has 0 bridgehead atoms. The van der Waals surface area contributed by atoms with Crippen molar-refractivity contribution in [1.29, 1.82) is 0 Å². The Morgan fingerprint density at radius 3 is 2.66 bits per heavy atom. The van der Waals surface area contributed by atoms with Gasteiger partial charge in [-0.3, -0.25) is 4.79 Å². The number of hydrogen-bond donors (Lipinski definition) is 2. The van der Waals surface area contributed by atoms with Gasteiger partial charge < -0.3 is 20.1 Å². The van der Waals surface area contributed by atoms with Gasteiger partial charge in [0.15, 0.2) is 5.82 Å². The second-order valence-corrected chi connectivity index (χ2v) is 8.33. The summed E-state index contributed by atoms with van der Waals surface area (Å²) in [4.78, 5) is 26.9. The molecule has 4 rings (SSSR count). The van der Waals surface area contributed by atoms with Gasteiger partial charge in [0, 0.05) is 25.1 Å². The highest BCUT2D eigenvalue weighted by atomic mass is 35.5. The van der Waals surface area contributed by atoms with Crippen LogP contribution in [0.1, 0.15) is 42.2 Å². The molecule has 1 aliphatic carbocycles. The van der Waals surface area contributed by atoms with Crippen LogP contribution in [0.3, 0.4) is 0 Å². The minimum atomic E-state index is -0.149. The van der Waals surface area contributed by atoms with Crippen LogP contribution in [0.4, 0.5) is 10.6 Å². The number of nitrogens with one attached hydrogen (secondary N) is 2. The molecule has 0 saturated carbocycles. The molecule has 7 nitrogen and oxygen atoms in total. The van der Waals surface area contributed by atoms with Crippen molar-refractivity contribution in [2.24, 2.45) is 5.92 Å². The lowest BCUT2D eigenvalue weighted by atomic mass is 9.96. The lowest BCUT2D eigenvalue weighted by Crippen LogP contribution is -2.46. The number of aromatic nitrogens is 1. The Balaban J connectivity index is 1.30. The number of nitrogens with zero attached hydrogens (tertiary/aromatic N) is 2. The number of carbonyl (C=O) groups excluding carboxylic acids is 2. The van der Waals surface area contributed by atoms with Crippen LogP contribution in [0, 0.1) is 12.8 Å². The number of piperidine rings is 1. The normalized spacial score (nSPS) is 19.1. The highest BCUT2D eigenvalue weighted by Crippen LogP contribution is 2.39. The number of likely N-dealkylation sites (tertiary alicyclic amines) is 1. The number of fused-ring (bicyclic) bond motifs is 1. The number of anilines is 1. The van der Waals surface area contributed by atoms with E-state index in [0.29, 0.717) is 47.6 Å². The van der Waals surface area contributed by atoms with E-state index >= 15 is 0 Å². The standard InChI is InChI=1S/C20H22Cl2N4O3/c1-11-10-17(25-29-11)24-19(27)12-6-8-26(9-7-12)20(28)23-16-5-3-14-13(16)2-4-15(21)18(14)22/h2,4,10,12,16H,3,5-9H2,1H3,(H,23,28)(H,24,25,27). The minimum Gasteiger partial charge on any atom is -0.360 e. The van der Waals surface area contributed by atoms with E-state index < -0.39 is 0 Å². The zero-order valence-corrected chi connectivity index (χ0v) is 17.5. The predicted octanol–water partition coefficient (Wildman–Crippen LogP) is 4.34. The molecule has 1 aromatic carbocycles. The van der Waals surface area contributed by atoms with E-state index in [1.807, 2.05) is 6.07 Å². The lowest BCUT2D eigenvalue weighted by Gasteiger charge is -2.32. The number of urea groups is 1. The first-order valence-corrected chi connectivity index (χ1v) is 10.4. The molecule has 1 atom stereocenters. The molecule has 2 aromatic rings. The molecular formula is C20H22Cl2N4O3. The van der Waals surface area contributed by atoms with Crippen molar-refractivity contribution in [2.45, 2.75) is 38.6 Å². The van der Waals surface area contributed by atoms with Gasteiger partial charge in [0.1, 0.15) is 5.76 Å². The van der Waals surface area contributed by atoms with E-state index in [4.69, 9.17) is 27.7 Å². The molecule has 29 heavy (non-hydrogen) atoms. The minimum absolute atomic E-state index is 0.0660. The zero-order valence-electron chi connectivity index (χ0n) is 16.0. The van der Waals surface area contributed by atoms with Crippen molar-refractivity contribution < 1.29 is 14.1 Å². The van der Waals surface area contributed by atoms with Crippen LogP contribution in [-0.4, -0.2) is 35.1 Å².